The van der Waals surface area contributed by atoms with Gasteiger partial charge in [-0.2, -0.15) is 0 Å². The third kappa shape index (κ3) is 3.99. The number of carbonyl (C=O) groups is 2. The molecule has 1 aliphatic rings. The minimum absolute atomic E-state index is 0.139. The summed E-state index contributed by atoms with van der Waals surface area (Å²) in [5.41, 5.74) is 1.35. The van der Waals surface area contributed by atoms with Gasteiger partial charge < -0.3 is 9.47 Å². The number of rotatable bonds is 4. The van der Waals surface area contributed by atoms with E-state index in [4.69, 9.17) is 9.47 Å². The van der Waals surface area contributed by atoms with Crippen LogP contribution < -0.4 is 9.47 Å². The predicted octanol–water partition coefficient (Wildman–Crippen LogP) is 5.88. The summed E-state index contributed by atoms with van der Waals surface area (Å²) in [5, 5.41) is 1.46. The third-order valence-corrected chi connectivity index (χ3v) is 5.63. The number of fused-ring (bicyclic) bond motifs is 1. The highest BCUT2D eigenvalue weighted by Gasteiger charge is 2.27. The highest BCUT2D eigenvalue weighted by molar-refractivity contribution is 5.99. The lowest BCUT2D eigenvalue weighted by Gasteiger charge is -2.23. The van der Waals surface area contributed by atoms with Crippen molar-refractivity contribution in [3.05, 3.63) is 83.9 Å². The Morgan fingerprint density at radius 1 is 0.900 bits per heavy atom. The molecule has 0 spiro atoms. The average molecular weight is 400 g/mol. The lowest BCUT2D eigenvalue weighted by molar-refractivity contribution is -0.140. The van der Waals surface area contributed by atoms with Crippen LogP contribution in [0.2, 0.25) is 0 Å². The van der Waals surface area contributed by atoms with Crippen LogP contribution in [-0.2, 0) is 4.79 Å². The van der Waals surface area contributed by atoms with Gasteiger partial charge in [-0.25, -0.2) is 4.79 Å². The Kier molecular flexibility index (Phi) is 5.66. The topological polar surface area (TPSA) is 52.6 Å². The van der Waals surface area contributed by atoms with Gasteiger partial charge in [0.25, 0.3) is 0 Å². The number of carbonyl (C=O) groups excluding carboxylic acids is 2. The van der Waals surface area contributed by atoms with Crippen LogP contribution in [-0.4, -0.2) is 11.9 Å². The minimum Gasteiger partial charge on any atom is -0.425 e. The van der Waals surface area contributed by atoms with E-state index in [9.17, 15) is 9.59 Å². The number of hydrogen-bond acceptors (Lipinski definition) is 4. The molecule has 3 aromatic rings. The summed E-state index contributed by atoms with van der Waals surface area (Å²) in [7, 11) is 0. The molecular weight excluding hydrogens is 376 g/mol. The van der Waals surface area contributed by atoms with Crippen LogP contribution in [0.5, 0.6) is 11.5 Å². The summed E-state index contributed by atoms with van der Waals surface area (Å²) in [6, 6.07) is 18.2. The fourth-order valence-corrected chi connectivity index (χ4v) is 3.90. The Balaban J connectivity index is 1.67. The fourth-order valence-electron chi connectivity index (χ4n) is 3.90. The molecule has 2 atom stereocenters. The summed E-state index contributed by atoms with van der Waals surface area (Å²) >= 11 is 0. The van der Waals surface area contributed by atoms with Crippen molar-refractivity contribution in [2.24, 2.45) is 11.8 Å². The van der Waals surface area contributed by atoms with Gasteiger partial charge in [0.15, 0.2) is 0 Å². The van der Waals surface area contributed by atoms with Gasteiger partial charge in [0.05, 0.1) is 16.9 Å². The Hall–Kier alpha value is -3.40. The van der Waals surface area contributed by atoms with Crippen LogP contribution in [0.4, 0.5) is 0 Å². The van der Waals surface area contributed by atoms with Gasteiger partial charge in [0.2, 0.25) is 0 Å². The van der Waals surface area contributed by atoms with Crippen LogP contribution >= 0.6 is 0 Å². The maximum absolute atomic E-state index is 12.9. The Morgan fingerprint density at radius 2 is 1.60 bits per heavy atom. The molecule has 0 amide bonds. The summed E-state index contributed by atoms with van der Waals surface area (Å²) in [4.78, 5) is 25.6. The summed E-state index contributed by atoms with van der Waals surface area (Å²) in [6.45, 7) is 3.90. The van der Waals surface area contributed by atoms with Crippen molar-refractivity contribution in [1.82, 2.24) is 0 Å². The van der Waals surface area contributed by atoms with Crippen LogP contribution in [0.25, 0.3) is 10.8 Å². The van der Waals surface area contributed by atoms with E-state index in [0.717, 1.165) is 23.8 Å². The molecule has 3 aromatic carbocycles. The zero-order chi connectivity index (χ0) is 21.1. The van der Waals surface area contributed by atoms with Gasteiger partial charge in [-0.05, 0) is 54.8 Å². The SMILES string of the molecule is Cc1ccccc1C(=O)Oc1cccc2cccc(OC(=O)C3CCC=CC3C)c12. The molecule has 0 radical (unpaired) electrons. The first-order valence-electron chi connectivity index (χ1n) is 10.2. The van der Waals surface area contributed by atoms with Crippen molar-refractivity contribution in [3.63, 3.8) is 0 Å². The zero-order valence-electron chi connectivity index (χ0n) is 17.1. The third-order valence-electron chi connectivity index (χ3n) is 5.63. The summed E-state index contributed by atoms with van der Waals surface area (Å²) < 4.78 is 11.6. The number of allylic oxidation sites excluding steroid dienone is 2. The molecule has 4 nitrogen and oxygen atoms in total. The monoisotopic (exact) mass is 400 g/mol. The molecule has 152 valence electrons. The van der Waals surface area contributed by atoms with Crippen LogP contribution in [0.3, 0.4) is 0 Å². The van der Waals surface area contributed by atoms with Gasteiger partial charge in [-0.15, -0.1) is 0 Å². The summed E-state index contributed by atoms with van der Waals surface area (Å²) in [6.07, 6.45) is 5.82. The largest absolute Gasteiger partial charge is 0.425 e. The van der Waals surface area contributed by atoms with Crippen molar-refractivity contribution in [2.45, 2.75) is 26.7 Å². The molecule has 4 heteroatoms. The second kappa shape index (κ2) is 8.54. The quantitative estimate of drug-likeness (QED) is 0.312. The van der Waals surface area contributed by atoms with Gasteiger partial charge in [-0.3, -0.25) is 4.79 Å². The molecule has 1 aliphatic carbocycles. The first kappa shape index (κ1) is 19.9. The van der Waals surface area contributed by atoms with E-state index >= 15 is 0 Å². The van der Waals surface area contributed by atoms with Crippen LogP contribution in [0.15, 0.2) is 72.8 Å². The average Bonchev–Trinajstić information content (AvgIpc) is 2.74. The molecular formula is C26H24O4. The lowest BCUT2D eigenvalue weighted by atomic mass is 9.85. The second-order valence-electron chi connectivity index (χ2n) is 7.71. The van der Waals surface area contributed by atoms with E-state index in [1.165, 1.54) is 0 Å². The Bertz CT molecular complexity index is 1120. The first-order chi connectivity index (χ1) is 14.5. The molecule has 0 aliphatic heterocycles. The maximum atomic E-state index is 12.9. The number of esters is 2. The van der Waals surface area contributed by atoms with Gasteiger partial charge in [-0.1, -0.05) is 61.5 Å². The number of benzene rings is 3. The van der Waals surface area contributed by atoms with E-state index in [1.54, 1.807) is 24.3 Å². The summed E-state index contributed by atoms with van der Waals surface area (Å²) in [5.74, 6) is 0.0619. The first-order valence-corrected chi connectivity index (χ1v) is 10.2. The fraction of sp³-hybridized carbons (Fsp3) is 0.231. The highest BCUT2D eigenvalue weighted by Crippen LogP contribution is 2.36. The van der Waals surface area contributed by atoms with Gasteiger partial charge in [0.1, 0.15) is 11.5 Å². The Labute approximate surface area is 176 Å². The van der Waals surface area contributed by atoms with Crippen molar-refractivity contribution in [2.75, 3.05) is 0 Å². The maximum Gasteiger partial charge on any atom is 0.343 e. The standard InChI is InChI=1S/C26H24O4/c1-17-9-3-5-13-20(17)25(27)29-22-15-7-11-19-12-8-16-23(24(19)22)30-26(28)21-14-6-4-10-18(21)2/h3-5,7-13,15-16,18,21H,6,14H2,1-2H3. The Morgan fingerprint density at radius 3 is 2.30 bits per heavy atom. The molecule has 0 heterocycles. The van der Waals surface area contributed by atoms with E-state index in [2.05, 4.69) is 12.2 Å². The van der Waals surface area contributed by atoms with Crippen LogP contribution in [0, 0.1) is 18.8 Å². The van der Waals surface area contributed by atoms with Crippen molar-refractivity contribution in [1.29, 1.82) is 0 Å². The predicted molar refractivity (Wildman–Crippen MR) is 117 cm³/mol. The molecule has 2 unspecified atom stereocenters. The number of hydrogen-bond donors (Lipinski definition) is 0. The van der Waals surface area contributed by atoms with Crippen molar-refractivity contribution < 1.29 is 19.1 Å². The van der Waals surface area contributed by atoms with Crippen molar-refractivity contribution >= 4 is 22.7 Å². The van der Waals surface area contributed by atoms with E-state index in [1.807, 2.05) is 50.2 Å². The molecule has 0 saturated carbocycles. The normalized spacial score (nSPS) is 18.2. The molecule has 0 aromatic heterocycles. The molecule has 0 saturated heterocycles. The smallest absolute Gasteiger partial charge is 0.343 e. The number of ether oxygens (including phenoxy) is 2. The number of aryl methyl sites for hydroxylation is 1. The highest BCUT2D eigenvalue weighted by atomic mass is 16.5. The molecule has 30 heavy (non-hydrogen) atoms. The zero-order valence-corrected chi connectivity index (χ0v) is 17.1. The molecule has 0 fully saturated rings. The van der Waals surface area contributed by atoms with Gasteiger partial charge >= 0.3 is 11.9 Å². The van der Waals surface area contributed by atoms with E-state index < -0.39 is 5.97 Å². The lowest BCUT2D eigenvalue weighted by Crippen LogP contribution is -2.27. The minimum atomic E-state index is -0.437. The van der Waals surface area contributed by atoms with Crippen LogP contribution in [0.1, 0.15) is 35.7 Å². The molecule has 0 bridgehead atoms. The molecule has 0 N–H and O–H groups in total. The van der Waals surface area contributed by atoms with E-state index in [0.29, 0.717) is 22.4 Å². The molecule has 4 rings (SSSR count). The van der Waals surface area contributed by atoms with Crippen molar-refractivity contribution in [3.8, 4) is 11.5 Å². The van der Waals surface area contributed by atoms with E-state index in [-0.39, 0.29) is 17.8 Å². The van der Waals surface area contributed by atoms with Gasteiger partial charge in [0, 0.05) is 0 Å². The second-order valence-corrected chi connectivity index (χ2v) is 7.71.